The second-order valence-corrected chi connectivity index (χ2v) is 6.31. The molecule has 1 N–H and O–H groups in total. The Morgan fingerprint density at radius 2 is 1.75 bits per heavy atom. The molecule has 1 amide bonds. The van der Waals surface area contributed by atoms with E-state index in [1.807, 2.05) is 67.6 Å². The number of nitrogens with one attached hydrogen (secondary N) is 1. The van der Waals surface area contributed by atoms with Crippen LogP contribution in [0.15, 0.2) is 66.7 Å². The van der Waals surface area contributed by atoms with Gasteiger partial charge in [0.2, 0.25) is 0 Å². The van der Waals surface area contributed by atoms with Gasteiger partial charge in [0.25, 0.3) is 5.91 Å². The first-order valence-electron chi connectivity index (χ1n) is 9.40. The van der Waals surface area contributed by atoms with E-state index in [2.05, 4.69) is 5.32 Å². The predicted molar refractivity (Wildman–Crippen MR) is 110 cm³/mol. The fraction of sp³-hybridized carbons (Fsp3) is 0.261. The Morgan fingerprint density at radius 3 is 2.57 bits per heavy atom. The third-order valence-electron chi connectivity index (χ3n) is 4.39. The van der Waals surface area contributed by atoms with Crippen molar-refractivity contribution in [3.05, 3.63) is 66.7 Å². The lowest BCUT2D eigenvalue weighted by molar-refractivity contribution is -0.128. The lowest BCUT2D eigenvalue weighted by Crippen LogP contribution is -2.39. The Balaban J connectivity index is 1.53. The zero-order valence-electron chi connectivity index (χ0n) is 16.2. The van der Waals surface area contributed by atoms with Crippen molar-refractivity contribution in [2.24, 2.45) is 0 Å². The quantitative estimate of drug-likeness (QED) is 0.566. The van der Waals surface area contributed by atoms with Crippen molar-refractivity contribution < 1.29 is 19.0 Å². The van der Waals surface area contributed by atoms with Gasteiger partial charge in [0.1, 0.15) is 23.9 Å². The second kappa shape index (κ2) is 9.65. The lowest BCUT2D eigenvalue weighted by Gasteiger charge is -2.18. The first kappa shape index (κ1) is 19.5. The molecule has 3 rings (SSSR count). The largest absolute Gasteiger partial charge is 0.497 e. The van der Waals surface area contributed by atoms with E-state index in [9.17, 15) is 4.79 Å². The summed E-state index contributed by atoms with van der Waals surface area (Å²) >= 11 is 0. The van der Waals surface area contributed by atoms with Crippen LogP contribution in [0.25, 0.3) is 10.8 Å². The number of hydrogen-bond donors (Lipinski definition) is 1. The molecule has 3 aromatic rings. The van der Waals surface area contributed by atoms with Crippen LogP contribution in [0.3, 0.4) is 0 Å². The number of amides is 1. The minimum Gasteiger partial charge on any atom is -0.497 e. The van der Waals surface area contributed by atoms with Gasteiger partial charge in [-0.25, -0.2) is 0 Å². The molecule has 3 aromatic carbocycles. The molecule has 0 aliphatic carbocycles. The lowest BCUT2D eigenvalue weighted by atomic mass is 10.1. The Hall–Kier alpha value is -3.21. The highest BCUT2D eigenvalue weighted by Crippen LogP contribution is 2.26. The SMILES string of the molecule is CCC(Oc1cccc2ccccc12)C(=O)NCCOc1cccc(OC)c1. The number of carbonyl (C=O) groups excluding carboxylic acids is 1. The van der Waals surface area contributed by atoms with E-state index in [1.54, 1.807) is 13.2 Å². The normalized spacial score (nSPS) is 11.6. The zero-order chi connectivity index (χ0) is 19.8. The molecule has 1 atom stereocenters. The molecule has 0 aliphatic rings. The van der Waals surface area contributed by atoms with Crippen molar-refractivity contribution >= 4 is 16.7 Å². The van der Waals surface area contributed by atoms with Gasteiger partial charge in [0.15, 0.2) is 6.10 Å². The molecular formula is C23H25NO4. The molecule has 0 aliphatic heterocycles. The van der Waals surface area contributed by atoms with Crippen LogP contribution in [-0.4, -0.2) is 32.3 Å². The monoisotopic (exact) mass is 379 g/mol. The molecule has 0 bridgehead atoms. The number of fused-ring (bicyclic) bond motifs is 1. The van der Waals surface area contributed by atoms with Gasteiger partial charge in [-0.2, -0.15) is 0 Å². The minimum atomic E-state index is -0.553. The molecule has 0 spiro atoms. The van der Waals surface area contributed by atoms with Crippen LogP contribution >= 0.6 is 0 Å². The molecule has 5 nitrogen and oxygen atoms in total. The summed E-state index contributed by atoms with van der Waals surface area (Å²) in [6.45, 7) is 2.69. The summed E-state index contributed by atoms with van der Waals surface area (Å²) in [6, 6.07) is 21.2. The number of hydrogen-bond acceptors (Lipinski definition) is 4. The van der Waals surface area contributed by atoms with Gasteiger partial charge in [0.05, 0.1) is 13.7 Å². The topological polar surface area (TPSA) is 56.8 Å². The van der Waals surface area contributed by atoms with Gasteiger partial charge >= 0.3 is 0 Å². The molecule has 1 unspecified atom stereocenters. The van der Waals surface area contributed by atoms with E-state index in [1.165, 1.54) is 0 Å². The maximum absolute atomic E-state index is 12.5. The second-order valence-electron chi connectivity index (χ2n) is 6.31. The molecule has 0 aromatic heterocycles. The van der Waals surface area contributed by atoms with E-state index >= 15 is 0 Å². The molecular weight excluding hydrogens is 354 g/mol. The smallest absolute Gasteiger partial charge is 0.261 e. The first-order valence-corrected chi connectivity index (χ1v) is 9.40. The van der Waals surface area contributed by atoms with Crippen molar-refractivity contribution in [3.63, 3.8) is 0 Å². The summed E-state index contributed by atoms with van der Waals surface area (Å²) in [5.41, 5.74) is 0. The van der Waals surface area contributed by atoms with E-state index in [0.29, 0.717) is 31.1 Å². The van der Waals surface area contributed by atoms with Gasteiger partial charge in [-0.1, -0.05) is 49.4 Å². The molecule has 0 fully saturated rings. The third-order valence-corrected chi connectivity index (χ3v) is 4.39. The van der Waals surface area contributed by atoms with E-state index in [0.717, 1.165) is 16.5 Å². The van der Waals surface area contributed by atoms with E-state index < -0.39 is 6.10 Å². The molecule has 146 valence electrons. The Bertz CT molecular complexity index is 920. The van der Waals surface area contributed by atoms with Gasteiger partial charge in [-0.05, 0) is 30.0 Å². The molecule has 0 heterocycles. The van der Waals surface area contributed by atoms with Crippen LogP contribution in [0.4, 0.5) is 0 Å². The average molecular weight is 379 g/mol. The van der Waals surface area contributed by atoms with Crippen molar-refractivity contribution in [3.8, 4) is 17.2 Å². The summed E-state index contributed by atoms with van der Waals surface area (Å²) in [7, 11) is 1.61. The van der Waals surface area contributed by atoms with Crippen LogP contribution in [-0.2, 0) is 4.79 Å². The van der Waals surface area contributed by atoms with Crippen LogP contribution < -0.4 is 19.5 Å². The maximum atomic E-state index is 12.5. The average Bonchev–Trinajstić information content (AvgIpc) is 2.75. The van der Waals surface area contributed by atoms with Crippen molar-refractivity contribution in [1.82, 2.24) is 5.32 Å². The number of methoxy groups -OCH3 is 1. The van der Waals surface area contributed by atoms with Gasteiger partial charge < -0.3 is 19.5 Å². The molecule has 0 saturated heterocycles. The Kier molecular flexibility index (Phi) is 6.73. The number of rotatable bonds is 9. The summed E-state index contributed by atoms with van der Waals surface area (Å²) in [6.07, 6.45) is 0.0221. The summed E-state index contributed by atoms with van der Waals surface area (Å²) in [4.78, 5) is 12.5. The van der Waals surface area contributed by atoms with Crippen molar-refractivity contribution in [2.75, 3.05) is 20.3 Å². The van der Waals surface area contributed by atoms with Crippen LogP contribution in [0.1, 0.15) is 13.3 Å². The highest BCUT2D eigenvalue weighted by molar-refractivity contribution is 5.89. The molecule has 0 radical (unpaired) electrons. The predicted octanol–water partition coefficient (Wildman–Crippen LogP) is 4.20. The third kappa shape index (κ3) is 4.94. The van der Waals surface area contributed by atoms with Crippen LogP contribution in [0.5, 0.6) is 17.2 Å². The Labute approximate surface area is 165 Å². The highest BCUT2D eigenvalue weighted by Gasteiger charge is 2.18. The van der Waals surface area contributed by atoms with Crippen LogP contribution in [0.2, 0.25) is 0 Å². The molecule has 0 saturated carbocycles. The maximum Gasteiger partial charge on any atom is 0.261 e. The van der Waals surface area contributed by atoms with Crippen molar-refractivity contribution in [2.45, 2.75) is 19.4 Å². The zero-order valence-corrected chi connectivity index (χ0v) is 16.2. The highest BCUT2D eigenvalue weighted by atomic mass is 16.5. The number of benzene rings is 3. The molecule has 28 heavy (non-hydrogen) atoms. The van der Waals surface area contributed by atoms with Gasteiger partial charge in [0, 0.05) is 11.5 Å². The standard InChI is InChI=1S/C23H25NO4/c1-3-21(28-22-13-6-9-17-8-4-5-12-20(17)22)23(25)24-14-15-27-19-11-7-10-18(16-19)26-2/h4-13,16,21H,3,14-15H2,1-2H3,(H,24,25). The Morgan fingerprint density at radius 1 is 1.00 bits per heavy atom. The summed E-state index contributed by atoms with van der Waals surface area (Å²) < 4.78 is 16.8. The summed E-state index contributed by atoms with van der Waals surface area (Å²) in [5.74, 6) is 2.00. The van der Waals surface area contributed by atoms with Gasteiger partial charge in [-0.15, -0.1) is 0 Å². The minimum absolute atomic E-state index is 0.148. The summed E-state index contributed by atoms with van der Waals surface area (Å²) in [5, 5.41) is 4.96. The fourth-order valence-electron chi connectivity index (χ4n) is 2.92. The van der Waals surface area contributed by atoms with Crippen LogP contribution in [0, 0.1) is 0 Å². The van der Waals surface area contributed by atoms with Gasteiger partial charge in [-0.3, -0.25) is 4.79 Å². The first-order chi connectivity index (χ1) is 13.7. The van der Waals surface area contributed by atoms with E-state index in [-0.39, 0.29) is 5.91 Å². The van der Waals surface area contributed by atoms with Crippen molar-refractivity contribution in [1.29, 1.82) is 0 Å². The van der Waals surface area contributed by atoms with E-state index in [4.69, 9.17) is 14.2 Å². The molecule has 5 heteroatoms. The fourth-order valence-corrected chi connectivity index (χ4v) is 2.92. The number of carbonyl (C=O) groups is 1. The number of ether oxygens (including phenoxy) is 3.